The van der Waals surface area contributed by atoms with Gasteiger partial charge in [-0.05, 0) is 41.3 Å². The van der Waals surface area contributed by atoms with E-state index in [9.17, 15) is 9.18 Å². The Balaban J connectivity index is 1.33. The highest BCUT2D eigenvalue weighted by Gasteiger charge is 2.11. The zero-order valence-electron chi connectivity index (χ0n) is 15.7. The number of halogens is 2. The van der Waals surface area contributed by atoms with Gasteiger partial charge in [-0.1, -0.05) is 34.1 Å². The molecule has 4 aromatic rings. The number of carbonyl (C=O) groups is 1. The van der Waals surface area contributed by atoms with E-state index in [1.54, 1.807) is 35.3 Å². The van der Waals surface area contributed by atoms with Crippen molar-refractivity contribution in [1.82, 2.24) is 9.78 Å². The van der Waals surface area contributed by atoms with Gasteiger partial charge in [0, 0.05) is 22.3 Å². The maximum Gasteiger partial charge on any atom is 0.265 e. The van der Waals surface area contributed by atoms with Gasteiger partial charge in [0.25, 0.3) is 5.91 Å². The molecular weight excluding hydrogens is 469 g/mol. The van der Waals surface area contributed by atoms with Crippen molar-refractivity contribution < 1.29 is 13.9 Å². The molecule has 8 heteroatoms. The van der Waals surface area contributed by atoms with Gasteiger partial charge < -0.3 is 10.1 Å². The average Bonchev–Trinajstić information content (AvgIpc) is 3.38. The topological polar surface area (TPSA) is 56.2 Å². The van der Waals surface area contributed by atoms with Crippen molar-refractivity contribution in [3.63, 3.8) is 0 Å². The Bertz CT molecular complexity index is 1160. The third-order valence-corrected chi connectivity index (χ3v) is 5.73. The van der Waals surface area contributed by atoms with Crippen LogP contribution in [0.15, 0.2) is 76.8 Å². The molecule has 5 nitrogen and oxygen atoms in total. The molecule has 2 aromatic heterocycles. The fraction of sp³-hybridized carbons (Fsp3) is 0.0909. The van der Waals surface area contributed by atoms with Crippen LogP contribution < -0.4 is 10.1 Å². The summed E-state index contributed by atoms with van der Waals surface area (Å²) in [6, 6.07) is 15.7. The Morgan fingerprint density at radius 3 is 2.80 bits per heavy atom. The quantitative estimate of drug-likeness (QED) is 0.363. The zero-order valence-corrected chi connectivity index (χ0v) is 18.1. The van der Waals surface area contributed by atoms with E-state index >= 15 is 0 Å². The Hall–Kier alpha value is -2.97. The van der Waals surface area contributed by atoms with Crippen molar-refractivity contribution in [1.29, 1.82) is 0 Å². The van der Waals surface area contributed by atoms with Crippen LogP contribution in [0.5, 0.6) is 5.75 Å². The van der Waals surface area contributed by atoms with E-state index in [2.05, 4.69) is 26.3 Å². The summed E-state index contributed by atoms with van der Waals surface area (Å²) in [5.74, 6) is -0.107. The van der Waals surface area contributed by atoms with Crippen molar-refractivity contribution >= 4 is 38.9 Å². The minimum atomic E-state index is -0.349. The lowest BCUT2D eigenvalue weighted by molar-refractivity contribution is 0.103. The first-order valence-electron chi connectivity index (χ1n) is 9.09. The highest BCUT2D eigenvalue weighted by molar-refractivity contribution is 9.10. The minimum absolute atomic E-state index is 0.208. The fourth-order valence-electron chi connectivity index (χ4n) is 2.78. The largest absolute Gasteiger partial charge is 0.489 e. The first-order valence-corrected chi connectivity index (χ1v) is 10.8. The number of carbonyl (C=O) groups excluding carboxylic acids is 1. The summed E-state index contributed by atoms with van der Waals surface area (Å²) in [4.78, 5) is 13.1. The molecule has 2 aromatic carbocycles. The number of rotatable bonds is 7. The number of aromatic nitrogens is 2. The Kier molecular flexibility index (Phi) is 6.25. The van der Waals surface area contributed by atoms with Gasteiger partial charge in [-0.2, -0.15) is 5.10 Å². The molecule has 0 unspecified atom stereocenters. The van der Waals surface area contributed by atoms with Gasteiger partial charge in [0.1, 0.15) is 18.2 Å². The molecule has 0 atom stereocenters. The Morgan fingerprint density at radius 1 is 1.17 bits per heavy atom. The van der Waals surface area contributed by atoms with Crippen molar-refractivity contribution in [3.8, 4) is 5.75 Å². The van der Waals surface area contributed by atoms with Gasteiger partial charge in [0.2, 0.25) is 0 Å². The van der Waals surface area contributed by atoms with E-state index in [-0.39, 0.29) is 18.3 Å². The second-order valence-electron chi connectivity index (χ2n) is 6.57. The van der Waals surface area contributed by atoms with E-state index in [4.69, 9.17) is 4.74 Å². The summed E-state index contributed by atoms with van der Waals surface area (Å²) < 4.78 is 21.6. The second-order valence-corrected chi connectivity index (χ2v) is 8.40. The van der Waals surface area contributed by atoms with Gasteiger partial charge in [-0.3, -0.25) is 9.48 Å². The zero-order chi connectivity index (χ0) is 20.9. The highest BCUT2D eigenvalue weighted by atomic mass is 79.9. The normalized spacial score (nSPS) is 10.7. The van der Waals surface area contributed by atoms with Gasteiger partial charge in [-0.15, -0.1) is 11.3 Å². The average molecular weight is 486 g/mol. The second kappa shape index (κ2) is 9.23. The van der Waals surface area contributed by atoms with E-state index in [0.717, 1.165) is 15.6 Å². The van der Waals surface area contributed by atoms with Crippen LogP contribution in [0.25, 0.3) is 0 Å². The van der Waals surface area contributed by atoms with E-state index < -0.39 is 0 Å². The van der Waals surface area contributed by atoms with Crippen LogP contribution in [0.4, 0.5) is 10.1 Å². The van der Waals surface area contributed by atoms with Crippen LogP contribution in [0.2, 0.25) is 0 Å². The van der Waals surface area contributed by atoms with Gasteiger partial charge in [-0.25, -0.2) is 4.39 Å². The molecule has 0 saturated carbocycles. The number of hydrogen-bond acceptors (Lipinski definition) is 4. The van der Waals surface area contributed by atoms with E-state index in [1.165, 1.54) is 23.5 Å². The maximum atomic E-state index is 13.2. The van der Waals surface area contributed by atoms with E-state index in [0.29, 0.717) is 22.9 Å². The Morgan fingerprint density at radius 2 is 2.00 bits per heavy atom. The van der Waals surface area contributed by atoms with Gasteiger partial charge in [0.05, 0.1) is 23.3 Å². The summed E-state index contributed by atoms with van der Waals surface area (Å²) >= 11 is 4.75. The number of benzene rings is 2. The number of amides is 1. The predicted molar refractivity (Wildman–Crippen MR) is 118 cm³/mol. The van der Waals surface area contributed by atoms with Crippen LogP contribution in [0.1, 0.15) is 20.8 Å². The molecule has 152 valence electrons. The van der Waals surface area contributed by atoms with Gasteiger partial charge in [0.15, 0.2) is 0 Å². The molecule has 0 bridgehead atoms. The monoisotopic (exact) mass is 485 g/mol. The molecule has 0 saturated heterocycles. The Labute approximate surface area is 185 Å². The molecule has 0 aliphatic rings. The fourth-order valence-corrected chi connectivity index (χ4v) is 3.83. The number of nitrogens with zero attached hydrogens (tertiary/aromatic N) is 2. The molecule has 30 heavy (non-hydrogen) atoms. The highest BCUT2D eigenvalue weighted by Crippen LogP contribution is 2.20. The number of nitrogens with one attached hydrogen (secondary N) is 1. The molecule has 1 N–H and O–H groups in total. The van der Waals surface area contributed by atoms with Gasteiger partial charge >= 0.3 is 0 Å². The van der Waals surface area contributed by atoms with Crippen LogP contribution >= 0.6 is 27.3 Å². The minimum Gasteiger partial charge on any atom is -0.489 e. The van der Waals surface area contributed by atoms with Crippen molar-refractivity contribution in [2.24, 2.45) is 0 Å². The van der Waals surface area contributed by atoms with Crippen LogP contribution in [-0.4, -0.2) is 15.7 Å². The predicted octanol–water partition coefficient (Wildman–Crippen LogP) is 5.73. The van der Waals surface area contributed by atoms with E-state index in [1.807, 2.05) is 29.6 Å². The molecule has 1 amide bonds. The molecular formula is C22H17BrFN3O2S. The summed E-state index contributed by atoms with van der Waals surface area (Å²) in [5, 5.41) is 9.01. The summed E-state index contributed by atoms with van der Waals surface area (Å²) in [7, 11) is 0. The summed E-state index contributed by atoms with van der Waals surface area (Å²) in [5.41, 5.74) is 2.59. The lowest BCUT2D eigenvalue weighted by atomic mass is 10.2. The molecule has 4 rings (SSSR count). The van der Waals surface area contributed by atoms with Crippen LogP contribution in [-0.2, 0) is 13.2 Å². The summed E-state index contributed by atoms with van der Waals surface area (Å²) in [6.07, 6.45) is 3.42. The van der Waals surface area contributed by atoms with Crippen LogP contribution in [0, 0.1) is 5.82 Å². The number of ether oxygens (including phenoxy) is 1. The lowest BCUT2D eigenvalue weighted by Crippen LogP contribution is -2.09. The van der Waals surface area contributed by atoms with Crippen molar-refractivity contribution in [3.05, 3.63) is 98.7 Å². The summed E-state index contributed by atoms with van der Waals surface area (Å²) in [6.45, 7) is 0.877. The molecule has 0 spiro atoms. The number of hydrogen-bond donors (Lipinski definition) is 1. The molecule has 2 heterocycles. The first kappa shape index (κ1) is 20.3. The first-order chi connectivity index (χ1) is 14.5. The lowest BCUT2D eigenvalue weighted by Gasteiger charge is -2.04. The molecule has 0 aliphatic heterocycles. The molecule has 0 fully saturated rings. The molecule has 0 radical (unpaired) electrons. The smallest absolute Gasteiger partial charge is 0.265 e. The van der Waals surface area contributed by atoms with Crippen LogP contribution in [0.3, 0.4) is 0 Å². The third-order valence-electron chi connectivity index (χ3n) is 4.23. The number of thiophene rings is 1. The number of anilines is 1. The van der Waals surface area contributed by atoms with Crippen molar-refractivity contribution in [2.45, 2.75) is 13.2 Å². The maximum absolute atomic E-state index is 13.2. The molecule has 0 aliphatic carbocycles. The third kappa shape index (κ3) is 5.34. The SMILES string of the molecule is O=C(Nc1cnn(Cc2ccc(Br)cc2)c1)c1cc(COc2cccc(F)c2)cs1. The van der Waals surface area contributed by atoms with Crippen molar-refractivity contribution in [2.75, 3.05) is 5.32 Å². The standard InChI is InChI=1S/C22H17BrFN3O2S/c23-17-6-4-15(5-7-17)11-27-12-19(10-25-27)26-22(28)21-8-16(14-30-21)13-29-20-3-1-2-18(24)9-20/h1-10,12,14H,11,13H2,(H,26,28).